The van der Waals surface area contributed by atoms with Gasteiger partial charge in [0.05, 0.1) is 30.5 Å². The highest BCUT2D eigenvalue weighted by Gasteiger charge is 2.34. The summed E-state index contributed by atoms with van der Waals surface area (Å²) in [7, 11) is 0. The third kappa shape index (κ3) is 9.85. The van der Waals surface area contributed by atoms with Gasteiger partial charge in [0.1, 0.15) is 12.6 Å². The number of carboxylic acids is 1. The van der Waals surface area contributed by atoms with Crippen LogP contribution in [0.3, 0.4) is 0 Å². The highest BCUT2D eigenvalue weighted by molar-refractivity contribution is 5.85. The number of alkyl carbamates (subject to hydrolysis) is 1. The molecule has 3 atom stereocenters. The van der Waals surface area contributed by atoms with Crippen LogP contribution < -0.4 is 10.6 Å². The average Bonchev–Trinajstić information content (AvgIpc) is 2.89. The minimum Gasteiger partial charge on any atom is -0.480 e. The van der Waals surface area contributed by atoms with E-state index in [-0.39, 0.29) is 31.0 Å². The van der Waals surface area contributed by atoms with E-state index >= 15 is 0 Å². The molecule has 13 heteroatoms. The smallest absolute Gasteiger partial charge is 0.407 e. The fourth-order valence-corrected chi connectivity index (χ4v) is 3.50. The molecule has 2 rings (SSSR count). The van der Waals surface area contributed by atoms with Crippen LogP contribution in [0.25, 0.3) is 0 Å². The molecule has 0 unspecified atom stereocenters. The lowest BCUT2D eigenvalue weighted by atomic mass is 9.88. The number of hydrogen-bond donors (Lipinski definition) is 4. The van der Waals surface area contributed by atoms with Gasteiger partial charge in [-0.25, -0.2) is 9.59 Å². The van der Waals surface area contributed by atoms with Crippen LogP contribution in [0.15, 0.2) is 54.6 Å². The zero-order valence-corrected chi connectivity index (χ0v) is 20.6. The molecule has 0 aliphatic carbocycles. The average molecular weight is 532 g/mol. The van der Waals surface area contributed by atoms with E-state index < -0.39 is 59.8 Å². The van der Waals surface area contributed by atoms with Crippen LogP contribution in [-0.4, -0.2) is 64.4 Å². The van der Waals surface area contributed by atoms with Crippen LogP contribution in [0.1, 0.15) is 36.8 Å². The summed E-state index contributed by atoms with van der Waals surface area (Å²) in [5.41, 5.74) is 0.768. The van der Waals surface area contributed by atoms with Crippen molar-refractivity contribution < 1.29 is 43.8 Å². The molecule has 0 saturated heterocycles. The number of nitro groups is 1. The first-order valence-electron chi connectivity index (χ1n) is 11.7. The summed E-state index contributed by atoms with van der Waals surface area (Å²) in [5, 5.41) is 35.5. The number of nitrogens with zero attached hydrogens (tertiary/aromatic N) is 1. The van der Waals surface area contributed by atoms with E-state index in [9.17, 15) is 39.5 Å². The van der Waals surface area contributed by atoms with Gasteiger partial charge in [-0.15, -0.1) is 0 Å². The number of hydrogen-bond acceptors (Lipinski definition) is 9. The number of nitro benzene ring substituents is 1. The number of benzene rings is 2. The molecule has 0 saturated carbocycles. The molecule has 2 amide bonds. The third-order valence-electron chi connectivity index (χ3n) is 5.32. The number of aliphatic hydroxyl groups excluding tert-OH is 1. The Morgan fingerprint density at radius 3 is 2.24 bits per heavy atom. The normalized spacial score (nSPS) is 12.9. The van der Waals surface area contributed by atoms with Crippen LogP contribution >= 0.6 is 0 Å². The Hall–Kier alpha value is -4.52. The predicted octanol–water partition coefficient (Wildman–Crippen LogP) is 1.88. The lowest BCUT2D eigenvalue weighted by Crippen LogP contribution is -2.47. The molecule has 2 aromatic rings. The fraction of sp³-hybridized carbons (Fsp3) is 0.360. The summed E-state index contributed by atoms with van der Waals surface area (Å²) < 4.78 is 9.93. The fourth-order valence-electron chi connectivity index (χ4n) is 3.50. The molecule has 4 N–H and O–H groups in total. The highest BCUT2D eigenvalue weighted by Crippen LogP contribution is 2.27. The van der Waals surface area contributed by atoms with Crippen molar-refractivity contribution in [3.8, 4) is 0 Å². The largest absolute Gasteiger partial charge is 0.480 e. The van der Waals surface area contributed by atoms with Gasteiger partial charge in [-0.3, -0.25) is 19.7 Å². The third-order valence-corrected chi connectivity index (χ3v) is 5.32. The Morgan fingerprint density at radius 1 is 1.00 bits per heavy atom. The van der Waals surface area contributed by atoms with Crippen molar-refractivity contribution in [1.29, 1.82) is 0 Å². The van der Waals surface area contributed by atoms with Crippen LogP contribution in [0.5, 0.6) is 0 Å². The monoisotopic (exact) mass is 531 g/mol. The van der Waals surface area contributed by atoms with E-state index in [0.717, 1.165) is 17.7 Å². The maximum Gasteiger partial charge on any atom is 0.407 e. The van der Waals surface area contributed by atoms with E-state index in [4.69, 9.17) is 9.47 Å². The lowest BCUT2D eigenvalue weighted by Gasteiger charge is -2.25. The first-order valence-corrected chi connectivity index (χ1v) is 11.7. The molecule has 0 radical (unpaired) electrons. The standard InChI is InChI=1S/C25H29N3O10/c1-2-37-22(31)13-20(17-8-10-18(11-9-17)28(35)36)23(24(32)33)27-21(30)12-19(29)14-26-25(34)38-15-16-6-4-3-5-7-16/h3-11,19-20,23,29H,2,12-15H2,1H3,(H,26,34)(H,27,30)(H,32,33)/t19-,20+,23+/m1/s1. The highest BCUT2D eigenvalue weighted by atomic mass is 16.6. The van der Waals surface area contributed by atoms with E-state index in [0.29, 0.717) is 0 Å². The zero-order valence-electron chi connectivity index (χ0n) is 20.6. The van der Waals surface area contributed by atoms with Gasteiger partial charge in [0.2, 0.25) is 5.91 Å². The molecule has 38 heavy (non-hydrogen) atoms. The van der Waals surface area contributed by atoms with Gasteiger partial charge < -0.3 is 30.3 Å². The van der Waals surface area contributed by atoms with E-state index in [2.05, 4.69) is 10.6 Å². The maximum atomic E-state index is 12.5. The molecule has 0 aliphatic rings. The predicted molar refractivity (Wildman–Crippen MR) is 132 cm³/mol. The van der Waals surface area contributed by atoms with Crippen LogP contribution in [0.2, 0.25) is 0 Å². The van der Waals surface area contributed by atoms with Gasteiger partial charge in [0.15, 0.2) is 0 Å². The number of carbonyl (C=O) groups excluding carboxylic acids is 3. The minimum absolute atomic E-state index is 0.00798. The molecular formula is C25H29N3O10. The number of ether oxygens (including phenoxy) is 2. The summed E-state index contributed by atoms with van der Waals surface area (Å²) in [5.74, 6) is -4.18. The minimum atomic E-state index is -1.62. The number of aliphatic hydroxyl groups is 1. The lowest BCUT2D eigenvalue weighted by molar-refractivity contribution is -0.384. The first-order chi connectivity index (χ1) is 18.1. The quantitative estimate of drug-likeness (QED) is 0.159. The number of nitrogens with one attached hydrogen (secondary N) is 2. The molecule has 0 heterocycles. The molecule has 0 spiro atoms. The summed E-state index contributed by atoms with van der Waals surface area (Å²) in [6.07, 6.45) is -3.17. The second-order valence-corrected chi connectivity index (χ2v) is 8.15. The van der Waals surface area contributed by atoms with Gasteiger partial charge in [0.25, 0.3) is 5.69 Å². The number of esters is 1. The molecule has 0 aromatic heterocycles. The van der Waals surface area contributed by atoms with Crippen molar-refractivity contribution >= 4 is 29.6 Å². The number of rotatable bonds is 14. The van der Waals surface area contributed by atoms with Crippen molar-refractivity contribution in [2.75, 3.05) is 13.2 Å². The van der Waals surface area contributed by atoms with Crippen molar-refractivity contribution in [3.63, 3.8) is 0 Å². The summed E-state index contributed by atoms with van der Waals surface area (Å²) in [6.45, 7) is 1.28. The number of non-ortho nitro benzene ring substituents is 1. The molecule has 2 aromatic carbocycles. The van der Waals surface area contributed by atoms with Crippen molar-refractivity contribution in [1.82, 2.24) is 10.6 Å². The Balaban J connectivity index is 2.00. The van der Waals surface area contributed by atoms with Crippen LogP contribution in [0, 0.1) is 10.1 Å². The molecule has 0 fully saturated rings. The SMILES string of the molecule is CCOC(=O)C[C@@H](c1ccc([N+](=O)[O-])cc1)[C@H](NC(=O)C[C@@H](O)CNC(=O)OCc1ccccc1)C(=O)O. The van der Waals surface area contributed by atoms with Gasteiger partial charge in [-0.1, -0.05) is 42.5 Å². The number of carbonyl (C=O) groups is 4. The summed E-state index contributed by atoms with van der Waals surface area (Å²) >= 11 is 0. The Labute approximate surface area is 217 Å². The van der Waals surface area contributed by atoms with Crippen molar-refractivity contribution in [2.45, 2.75) is 44.4 Å². The van der Waals surface area contributed by atoms with Gasteiger partial charge in [0, 0.05) is 24.6 Å². The van der Waals surface area contributed by atoms with Crippen LogP contribution in [-0.2, 0) is 30.5 Å². The Kier molecular flexibility index (Phi) is 11.6. The topological polar surface area (TPSA) is 194 Å². The molecule has 0 bridgehead atoms. The van der Waals surface area contributed by atoms with E-state index in [1.807, 2.05) is 6.07 Å². The van der Waals surface area contributed by atoms with Gasteiger partial charge in [-0.2, -0.15) is 0 Å². The molecule has 0 aliphatic heterocycles. The second kappa shape index (κ2) is 14.9. The van der Waals surface area contributed by atoms with Crippen molar-refractivity contribution in [3.05, 3.63) is 75.8 Å². The molecule has 204 valence electrons. The summed E-state index contributed by atoms with van der Waals surface area (Å²) in [4.78, 5) is 58.9. The second-order valence-electron chi connectivity index (χ2n) is 8.15. The number of amides is 2. The molecule has 13 nitrogen and oxygen atoms in total. The number of carboxylic acid groups (broad SMARTS) is 1. The maximum absolute atomic E-state index is 12.5. The van der Waals surface area contributed by atoms with E-state index in [1.54, 1.807) is 31.2 Å². The zero-order chi connectivity index (χ0) is 28.1. The van der Waals surface area contributed by atoms with E-state index in [1.165, 1.54) is 12.1 Å². The number of aliphatic carboxylic acids is 1. The molecular weight excluding hydrogens is 502 g/mol. The van der Waals surface area contributed by atoms with Crippen molar-refractivity contribution in [2.24, 2.45) is 0 Å². The first kappa shape index (κ1) is 29.7. The Bertz CT molecular complexity index is 1110. The van der Waals surface area contributed by atoms with Gasteiger partial charge >= 0.3 is 18.0 Å². The Morgan fingerprint density at radius 2 is 1.66 bits per heavy atom. The summed E-state index contributed by atoms with van der Waals surface area (Å²) in [6, 6.07) is 12.2. The van der Waals surface area contributed by atoms with Crippen LogP contribution in [0.4, 0.5) is 10.5 Å². The van der Waals surface area contributed by atoms with Gasteiger partial charge in [-0.05, 0) is 18.1 Å².